The van der Waals surface area contributed by atoms with E-state index in [1.54, 1.807) is 0 Å². The second-order valence-electron chi connectivity index (χ2n) is 3.45. The van der Waals surface area contributed by atoms with Crippen molar-refractivity contribution >= 4 is 0 Å². The molecule has 3 nitrogen and oxygen atoms in total. The Bertz CT molecular complexity index is 274. The van der Waals surface area contributed by atoms with E-state index >= 15 is 0 Å². The lowest BCUT2D eigenvalue weighted by atomic mass is 10.1. The van der Waals surface area contributed by atoms with Crippen LogP contribution < -0.4 is 5.73 Å². The first-order chi connectivity index (χ1) is 5.52. The van der Waals surface area contributed by atoms with Gasteiger partial charge in [0, 0.05) is 18.8 Å². The molecule has 1 heterocycles. The van der Waals surface area contributed by atoms with Crippen LogP contribution in [0.1, 0.15) is 23.9 Å². The first kappa shape index (κ1) is 9.26. The summed E-state index contributed by atoms with van der Waals surface area (Å²) in [6.07, 6.45) is 0.922. The number of hydrogen-bond acceptors (Lipinski definition) is 2. The molecule has 0 aliphatic carbocycles. The third-order valence-electron chi connectivity index (χ3n) is 2.18. The van der Waals surface area contributed by atoms with Gasteiger partial charge in [-0.15, -0.1) is 0 Å². The van der Waals surface area contributed by atoms with Crippen LogP contribution in [0.25, 0.3) is 0 Å². The molecular weight excluding hydrogens is 150 g/mol. The molecule has 3 heteroatoms. The van der Waals surface area contributed by atoms with Crippen molar-refractivity contribution < 1.29 is 0 Å². The van der Waals surface area contributed by atoms with Crippen LogP contribution in [0.4, 0.5) is 0 Å². The van der Waals surface area contributed by atoms with Crippen LogP contribution in [0.5, 0.6) is 0 Å². The van der Waals surface area contributed by atoms with Crippen LogP contribution in [-0.4, -0.2) is 15.8 Å². The molecule has 1 aromatic rings. The van der Waals surface area contributed by atoms with Crippen LogP contribution >= 0.6 is 0 Å². The fourth-order valence-corrected chi connectivity index (χ4v) is 1.43. The summed E-state index contributed by atoms with van der Waals surface area (Å²) in [5.74, 6) is 0. The lowest BCUT2D eigenvalue weighted by molar-refractivity contribution is 0.717. The topological polar surface area (TPSA) is 43.8 Å². The van der Waals surface area contributed by atoms with Gasteiger partial charge in [0.05, 0.1) is 5.69 Å². The molecule has 0 aliphatic rings. The van der Waals surface area contributed by atoms with Gasteiger partial charge in [0.15, 0.2) is 0 Å². The zero-order valence-corrected chi connectivity index (χ0v) is 8.26. The van der Waals surface area contributed by atoms with Gasteiger partial charge >= 0.3 is 0 Å². The Hall–Kier alpha value is -0.830. The minimum absolute atomic E-state index is 0.214. The molecule has 12 heavy (non-hydrogen) atoms. The Morgan fingerprint density at radius 2 is 2.08 bits per heavy atom. The van der Waals surface area contributed by atoms with Gasteiger partial charge < -0.3 is 5.73 Å². The van der Waals surface area contributed by atoms with Gasteiger partial charge in [0.25, 0.3) is 0 Å². The summed E-state index contributed by atoms with van der Waals surface area (Å²) in [6, 6.07) is 0.214. The Morgan fingerprint density at radius 1 is 1.50 bits per heavy atom. The number of nitrogens with zero attached hydrogens (tertiary/aromatic N) is 2. The molecule has 0 saturated heterocycles. The van der Waals surface area contributed by atoms with Crippen molar-refractivity contribution in [1.29, 1.82) is 0 Å². The first-order valence-corrected chi connectivity index (χ1v) is 4.27. The first-order valence-electron chi connectivity index (χ1n) is 4.27. The minimum atomic E-state index is 0.214. The predicted octanol–water partition coefficient (Wildman–Crippen LogP) is 0.927. The van der Waals surface area contributed by atoms with Crippen LogP contribution in [0.2, 0.25) is 0 Å². The smallest absolute Gasteiger partial charge is 0.0628 e. The maximum Gasteiger partial charge on any atom is 0.0628 e. The number of nitrogens with two attached hydrogens (primary N) is 1. The molecule has 1 rings (SSSR count). The molecule has 0 radical (unpaired) electrons. The van der Waals surface area contributed by atoms with Crippen molar-refractivity contribution in [2.45, 2.75) is 33.2 Å². The van der Waals surface area contributed by atoms with E-state index in [2.05, 4.69) is 12.0 Å². The quantitative estimate of drug-likeness (QED) is 0.712. The monoisotopic (exact) mass is 167 g/mol. The molecule has 68 valence electrons. The second-order valence-corrected chi connectivity index (χ2v) is 3.45. The van der Waals surface area contributed by atoms with E-state index in [9.17, 15) is 0 Å². The molecule has 0 amide bonds. The van der Waals surface area contributed by atoms with Gasteiger partial charge in [-0.05, 0) is 32.8 Å². The standard InChI is InChI=1S/C9H17N3/c1-6(10)5-9-7(2)11-12(4)8(9)3/h6H,5,10H2,1-4H3/t6-/m1/s1. The fraction of sp³-hybridized carbons (Fsp3) is 0.667. The fourth-order valence-electron chi connectivity index (χ4n) is 1.43. The summed E-state index contributed by atoms with van der Waals surface area (Å²) in [5.41, 5.74) is 9.36. The highest BCUT2D eigenvalue weighted by Gasteiger charge is 2.09. The molecule has 1 atom stereocenters. The van der Waals surface area contributed by atoms with Gasteiger partial charge in [0.1, 0.15) is 0 Å². The molecular formula is C9H17N3. The van der Waals surface area contributed by atoms with Crippen molar-refractivity contribution in [2.24, 2.45) is 12.8 Å². The van der Waals surface area contributed by atoms with Gasteiger partial charge in [0.2, 0.25) is 0 Å². The van der Waals surface area contributed by atoms with E-state index in [4.69, 9.17) is 5.73 Å². The molecule has 0 saturated carbocycles. The maximum atomic E-state index is 5.73. The van der Waals surface area contributed by atoms with E-state index in [-0.39, 0.29) is 6.04 Å². The average Bonchev–Trinajstić information content (AvgIpc) is 2.16. The molecule has 0 aliphatic heterocycles. The normalized spacial score (nSPS) is 13.4. The number of aryl methyl sites for hydroxylation is 2. The SMILES string of the molecule is Cc1nn(C)c(C)c1C[C@@H](C)N. The summed E-state index contributed by atoms with van der Waals surface area (Å²) in [6.45, 7) is 6.13. The Morgan fingerprint density at radius 3 is 2.42 bits per heavy atom. The van der Waals surface area contributed by atoms with E-state index in [0.29, 0.717) is 0 Å². The largest absolute Gasteiger partial charge is 0.328 e. The Kier molecular flexibility index (Phi) is 2.52. The third kappa shape index (κ3) is 1.67. The molecule has 0 spiro atoms. The molecule has 0 bridgehead atoms. The van der Waals surface area contributed by atoms with Crippen molar-refractivity contribution in [3.63, 3.8) is 0 Å². The number of aromatic nitrogens is 2. The summed E-state index contributed by atoms with van der Waals surface area (Å²) in [5, 5.41) is 4.32. The number of rotatable bonds is 2. The Balaban J connectivity index is 2.97. The summed E-state index contributed by atoms with van der Waals surface area (Å²) < 4.78 is 1.91. The van der Waals surface area contributed by atoms with Crippen molar-refractivity contribution in [3.8, 4) is 0 Å². The highest BCUT2D eigenvalue weighted by atomic mass is 15.3. The Labute approximate surface area is 73.6 Å². The lowest BCUT2D eigenvalue weighted by Crippen LogP contribution is -2.18. The zero-order chi connectivity index (χ0) is 9.30. The highest BCUT2D eigenvalue weighted by molar-refractivity contribution is 5.25. The summed E-state index contributed by atoms with van der Waals surface area (Å²) in [4.78, 5) is 0. The van der Waals surface area contributed by atoms with Crippen molar-refractivity contribution in [1.82, 2.24) is 9.78 Å². The summed E-state index contributed by atoms with van der Waals surface area (Å²) in [7, 11) is 1.97. The second kappa shape index (κ2) is 3.27. The van der Waals surface area contributed by atoms with Crippen LogP contribution in [-0.2, 0) is 13.5 Å². The molecule has 0 aromatic carbocycles. The van der Waals surface area contributed by atoms with Gasteiger partial charge in [-0.3, -0.25) is 4.68 Å². The van der Waals surface area contributed by atoms with Gasteiger partial charge in [-0.25, -0.2) is 0 Å². The molecule has 1 aromatic heterocycles. The zero-order valence-electron chi connectivity index (χ0n) is 8.26. The van der Waals surface area contributed by atoms with E-state index in [1.165, 1.54) is 11.3 Å². The van der Waals surface area contributed by atoms with Gasteiger partial charge in [-0.2, -0.15) is 5.10 Å². The summed E-state index contributed by atoms with van der Waals surface area (Å²) >= 11 is 0. The average molecular weight is 167 g/mol. The predicted molar refractivity (Wildman–Crippen MR) is 50.0 cm³/mol. The molecule has 0 unspecified atom stereocenters. The van der Waals surface area contributed by atoms with Gasteiger partial charge in [-0.1, -0.05) is 0 Å². The molecule has 2 N–H and O–H groups in total. The number of hydrogen-bond donors (Lipinski definition) is 1. The minimum Gasteiger partial charge on any atom is -0.328 e. The highest BCUT2D eigenvalue weighted by Crippen LogP contribution is 2.13. The van der Waals surface area contributed by atoms with Crippen LogP contribution in [0.15, 0.2) is 0 Å². The van der Waals surface area contributed by atoms with E-state index in [1.807, 2.05) is 25.6 Å². The molecule has 0 fully saturated rings. The third-order valence-corrected chi connectivity index (χ3v) is 2.18. The maximum absolute atomic E-state index is 5.73. The lowest BCUT2D eigenvalue weighted by Gasteiger charge is -2.04. The van der Waals surface area contributed by atoms with E-state index in [0.717, 1.165) is 12.1 Å². The van der Waals surface area contributed by atoms with E-state index < -0.39 is 0 Å². The van der Waals surface area contributed by atoms with Crippen LogP contribution in [0, 0.1) is 13.8 Å². The van der Waals surface area contributed by atoms with Crippen LogP contribution in [0.3, 0.4) is 0 Å². The van der Waals surface area contributed by atoms with Crippen molar-refractivity contribution in [3.05, 3.63) is 17.0 Å². The van der Waals surface area contributed by atoms with Crippen molar-refractivity contribution in [2.75, 3.05) is 0 Å².